The molecule has 0 aliphatic rings. The maximum atomic E-state index is 12.3. The summed E-state index contributed by atoms with van der Waals surface area (Å²) in [5, 5.41) is 29.1. The molecule has 2 aromatic rings. The quantitative estimate of drug-likeness (QED) is 0.422. The molecule has 3 N–H and O–H groups in total. The van der Waals surface area contributed by atoms with Crippen molar-refractivity contribution >= 4 is 5.97 Å². The van der Waals surface area contributed by atoms with Gasteiger partial charge in [-0.3, -0.25) is 0 Å². The second kappa shape index (κ2) is 7.73. The number of hydrogen-bond acceptors (Lipinski definition) is 5. The van der Waals surface area contributed by atoms with E-state index in [0.29, 0.717) is 5.56 Å². The lowest BCUT2D eigenvalue weighted by molar-refractivity contribution is 0.0730. The van der Waals surface area contributed by atoms with Crippen molar-refractivity contribution in [1.29, 1.82) is 0 Å². The Morgan fingerprint density at radius 1 is 1.00 bits per heavy atom. The van der Waals surface area contributed by atoms with Crippen molar-refractivity contribution in [3.63, 3.8) is 0 Å². The average molecular weight is 330 g/mol. The van der Waals surface area contributed by atoms with Gasteiger partial charge >= 0.3 is 5.97 Å². The number of esters is 1. The zero-order valence-corrected chi connectivity index (χ0v) is 13.9. The molecular formula is C19H22O5. The Morgan fingerprint density at radius 3 is 2.38 bits per heavy atom. The lowest BCUT2D eigenvalue weighted by Gasteiger charge is -2.11. The number of carbonyl (C=O) groups is 1. The Morgan fingerprint density at radius 2 is 1.71 bits per heavy atom. The van der Waals surface area contributed by atoms with E-state index in [9.17, 15) is 20.1 Å². The van der Waals surface area contributed by atoms with Crippen LogP contribution in [0.5, 0.6) is 23.0 Å². The minimum Gasteiger partial charge on any atom is -0.508 e. The number of carbonyl (C=O) groups excluding carboxylic acids is 1. The van der Waals surface area contributed by atoms with Gasteiger partial charge in [-0.05, 0) is 49.1 Å². The smallest absolute Gasteiger partial charge is 0.347 e. The molecule has 0 aliphatic carbocycles. The van der Waals surface area contributed by atoms with E-state index in [0.717, 1.165) is 37.3 Å². The van der Waals surface area contributed by atoms with Crippen molar-refractivity contribution in [2.75, 3.05) is 0 Å². The van der Waals surface area contributed by atoms with E-state index in [1.54, 1.807) is 19.1 Å². The molecule has 0 spiro atoms. The lowest BCUT2D eigenvalue weighted by Crippen LogP contribution is -2.10. The summed E-state index contributed by atoms with van der Waals surface area (Å²) < 4.78 is 5.29. The van der Waals surface area contributed by atoms with Gasteiger partial charge in [-0.2, -0.15) is 0 Å². The highest BCUT2D eigenvalue weighted by atomic mass is 16.5. The lowest BCUT2D eigenvalue weighted by atomic mass is 10.1. The first-order valence-corrected chi connectivity index (χ1v) is 7.98. The van der Waals surface area contributed by atoms with Crippen molar-refractivity contribution in [3.05, 3.63) is 47.0 Å². The SMILES string of the molecule is CCCCCc1cc(O)cc(OC(=O)c2c(C)cc(O)cc2O)c1. The summed E-state index contributed by atoms with van der Waals surface area (Å²) in [5.41, 5.74) is 1.28. The standard InChI is InChI=1S/C19H22O5/c1-3-4-5-6-13-8-15(21)10-16(9-13)24-19(23)18-12(2)7-14(20)11-17(18)22/h7-11,20-22H,3-6H2,1-2H3. The first-order valence-electron chi connectivity index (χ1n) is 7.98. The van der Waals surface area contributed by atoms with Crippen LogP contribution in [0.4, 0.5) is 0 Å². The van der Waals surface area contributed by atoms with Gasteiger partial charge in [0.25, 0.3) is 0 Å². The van der Waals surface area contributed by atoms with E-state index < -0.39 is 5.97 Å². The third-order valence-corrected chi connectivity index (χ3v) is 3.73. The first-order chi connectivity index (χ1) is 11.4. The van der Waals surface area contributed by atoms with Gasteiger partial charge in [-0.1, -0.05) is 19.8 Å². The number of rotatable bonds is 6. The molecule has 2 rings (SSSR count). The molecule has 5 nitrogen and oxygen atoms in total. The van der Waals surface area contributed by atoms with Crippen LogP contribution in [0.2, 0.25) is 0 Å². The van der Waals surface area contributed by atoms with E-state index in [1.165, 1.54) is 12.1 Å². The van der Waals surface area contributed by atoms with Gasteiger partial charge in [-0.15, -0.1) is 0 Å². The van der Waals surface area contributed by atoms with Crippen LogP contribution in [0, 0.1) is 6.92 Å². The number of benzene rings is 2. The highest BCUT2D eigenvalue weighted by Gasteiger charge is 2.18. The molecule has 128 valence electrons. The highest BCUT2D eigenvalue weighted by molar-refractivity contribution is 5.95. The number of phenols is 3. The number of aryl methyl sites for hydroxylation is 2. The zero-order valence-electron chi connectivity index (χ0n) is 13.9. The minimum absolute atomic E-state index is 0.0105. The Labute approximate surface area is 141 Å². The fourth-order valence-electron chi connectivity index (χ4n) is 2.60. The van der Waals surface area contributed by atoms with Crippen LogP contribution >= 0.6 is 0 Å². The predicted octanol–water partition coefficient (Wildman–Crippen LogP) is 4.06. The van der Waals surface area contributed by atoms with E-state index in [4.69, 9.17) is 4.74 Å². The molecule has 0 saturated carbocycles. The minimum atomic E-state index is -0.741. The maximum absolute atomic E-state index is 12.3. The van der Waals surface area contributed by atoms with Crippen molar-refractivity contribution in [3.8, 4) is 23.0 Å². The second-order valence-corrected chi connectivity index (χ2v) is 5.84. The molecule has 5 heteroatoms. The van der Waals surface area contributed by atoms with Crippen molar-refractivity contribution < 1.29 is 24.9 Å². The van der Waals surface area contributed by atoms with Crippen LogP contribution < -0.4 is 4.74 Å². The third-order valence-electron chi connectivity index (χ3n) is 3.73. The first kappa shape index (κ1) is 17.7. The molecule has 0 atom stereocenters. The molecule has 0 bridgehead atoms. The summed E-state index contributed by atoms with van der Waals surface area (Å²) >= 11 is 0. The van der Waals surface area contributed by atoms with E-state index in [2.05, 4.69) is 6.92 Å². The summed E-state index contributed by atoms with van der Waals surface area (Å²) in [6.45, 7) is 3.71. The number of ether oxygens (including phenoxy) is 1. The van der Waals surface area contributed by atoms with Crippen LogP contribution in [0.15, 0.2) is 30.3 Å². The third kappa shape index (κ3) is 4.41. The van der Waals surface area contributed by atoms with E-state index in [-0.39, 0.29) is 28.6 Å². The van der Waals surface area contributed by atoms with Crippen molar-refractivity contribution in [1.82, 2.24) is 0 Å². The number of unbranched alkanes of at least 4 members (excludes halogenated alkanes) is 2. The molecule has 2 aromatic carbocycles. The van der Waals surface area contributed by atoms with Gasteiger partial charge in [0, 0.05) is 12.1 Å². The summed E-state index contributed by atoms with van der Waals surface area (Å²) in [4.78, 5) is 12.3. The molecule has 0 aromatic heterocycles. The molecule has 0 aliphatic heterocycles. The van der Waals surface area contributed by atoms with Crippen LogP contribution in [-0.4, -0.2) is 21.3 Å². The number of phenolic OH excluding ortho intramolecular Hbond substituents is 3. The maximum Gasteiger partial charge on any atom is 0.347 e. The normalized spacial score (nSPS) is 10.6. The Bertz CT molecular complexity index is 714. The van der Waals surface area contributed by atoms with Crippen molar-refractivity contribution in [2.24, 2.45) is 0 Å². The molecule has 0 amide bonds. The summed E-state index contributed by atoms with van der Waals surface area (Å²) in [6, 6.07) is 7.17. The van der Waals surface area contributed by atoms with Crippen LogP contribution in [0.3, 0.4) is 0 Å². The monoisotopic (exact) mass is 330 g/mol. The Kier molecular flexibility index (Phi) is 5.68. The molecule has 0 radical (unpaired) electrons. The van der Waals surface area contributed by atoms with Gasteiger partial charge in [0.05, 0.1) is 0 Å². The van der Waals surface area contributed by atoms with Gasteiger partial charge in [0.1, 0.15) is 28.6 Å². The number of aromatic hydroxyl groups is 3. The molecule has 0 unspecified atom stereocenters. The van der Waals surface area contributed by atoms with Crippen LogP contribution in [-0.2, 0) is 6.42 Å². The van der Waals surface area contributed by atoms with Crippen molar-refractivity contribution in [2.45, 2.75) is 39.5 Å². The molecule has 0 saturated heterocycles. The Hall–Kier alpha value is -2.69. The van der Waals surface area contributed by atoms with E-state index >= 15 is 0 Å². The molecule has 24 heavy (non-hydrogen) atoms. The van der Waals surface area contributed by atoms with Crippen LogP contribution in [0.1, 0.15) is 47.7 Å². The summed E-state index contributed by atoms with van der Waals surface area (Å²) in [7, 11) is 0. The van der Waals surface area contributed by atoms with Gasteiger partial charge < -0.3 is 20.1 Å². The Balaban J connectivity index is 2.20. The predicted molar refractivity (Wildman–Crippen MR) is 90.8 cm³/mol. The molecule has 0 heterocycles. The summed E-state index contributed by atoms with van der Waals surface area (Å²) in [5.74, 6) is -0.968. The fraction of sp³-hybridized carbons (Fsp3) is 0.316. The second-order valence-electron chi connectivity index (χ2n) is 5.84. The number of hydrogen-bond donors (Lipinski definition) is 3. The largest absolute Gasteiger partial charge is 0.508 e. The van der Waals surface area contributed by atoms with Crippen LogP contribution in [0.25, 0.3) is 0 Å². The fourth-order valence-corrected chi connectivity index (χ4v) is 2.60. The highest BCUT2D eigenvalue weighted by Crippen LogP contribution is 2.29. The zero-order chi connectivity index (χ0) is 17.7. The average Bonchev–Trinajstić information content (AvgIpc) is 2.45. The van der Waals surface area contributed by atoms with E-state index in [1.807, 2.05) is 0 Å². The molecular weight excluding hydrogens is 308 g/mol. The topological polar surface area (TPSA) is 87.0 Å². The van der Waals surface area contributed by atoms with Gasteiger partial charge in [0.15, 0.2) is 0 Å². The summed E-state index contributed by atoms with van der Waals surface area (Å²) in [6.07, 6.45) is 3.97. The molecule has 0 fully saturated rings. The van der Waals surface area contributed by atoms with Gasteiger partial charge in [-0.25, -0.2) is 4.79 Å². The van der Waals surface area contributed by atoms with Gasteiger partial charge in [0.2, 0.25) is 0 Å².